The zero-order chi connectivity index (χ0) is 12.4. The number of rotatable bonds is 4. The molecule has 17 heavy (non-hydrogen) atoms. The van der Waals surface area contributed by atoms with Gasteiger partial charge in [0.15, 0.2) is 0 Å². The number of carboxylic acid groups (broad SMARTS) is 1. The fraction of sp³-hybridized carbons (Fsp3) is 0.364. The second-order valence-electron chi connectivity index (χ2n) is 3.65. The second kappa shape index (κ2) is 4.85. The Bertz CT molecular complexity index is 449. The fourth-order valence-electron chi connectivity index (χ4n) is 1.70. The third kappa shape index (κ3) is 2.48. The van der Waals surface area contributed by atoms with Gasteiger partial charge in [-0.05, 0) is 12.1 Å². The van der Waals surface area contributed by atoms with Gasteiger partial charge in [-0.3, -0.25) is 4.79 Å². The molecule has 0 spiro atoms. The van der Waals surface area contributed by atoms with Crippen molar-refractivity contribution in [1.82, 2.24) is 0 Å². The lowest BCUT2D eigenvalue weighted by atomic mass is 10.0. The van der Waals surface area contributed by atoms with Gasteiger partial charge >= 0.3 is 5.97 Å². The SMILES string of the molecule is COc1cc2c(cc1C(N)CC(=O)O)OCS2. The van der Waals surface area contributed by atoms with Gasteiger partial charge < -0.3 is 20.3 Å². The van der Waals surface area contributed by atoms with E-state index < -0.39 is 12.0 Å². The van der Waals surface area contributed by atoms with Crippen molar-refractivity contribution in [3.8, 4) is 11.5 Å². The van der Waals surface area contributed by atoms with Crippen molar-refractivity contribution in [2.45, 2.75) is 17.4 Å². The summed E-state index contributed by atoms with van der Waals surface area (Å²) in [5.41, 5.74) is 6.51. The van der Waals surface area contributed by atoms with Gasteiger partial charge in [0, 0.05) is 11.6 Å². The second-order valence-corrected chi connectivity index (χ2v) is 4.62. The van der Waals surface area contributed by atoms with E-state index in [1.54, 1.807) is 24.9 Å². The lowest BCUT2D eigenvalue weighted by Gasteiger charge is -2.15. The van der Waals surface area contributed by atoms with E-state index in [-0.39, 0.29) is 6.42 Å². The maximum absolute atomic E-state index is 10.7. The Labute approximate surface area is 103 Å². The fourth-order valence-corrected chi connectivity index (χ4v) is 2.47. The minimum absolute atomic E-state index is 0.137. The zero-order valence-electron chi connectivity index (χ0n) is 9.30. The smallest absolute Gasteiger partial charge is 0.305 e. The van der Waals surface area contributed by atoms with E-state index in [9.17, 15) is 4.79 Å². The average Bonchev–Trinajstić information content (AvgIpc) is 2.73. The van der Waals surface area contributed by atoms with Crippen molar-refractivity contribution >= 4 is 17.7 Å². The standard InChI is InChI=1S/C11H13NO4S/c1-15-8-4-10-9(16-5-17-10)2-6(8)7(12)3-11(13)14/h2,4,7H,3,5,12H2,1H3,(H,13,14). The Kier molecular flexibility index (Phi) is 3.44. The Morgan fingerprint density at radius 1 is 1.71 bits per heavy atom. The van der Waals surface area contributed by atoms with Crippen LogP contribution in [0.2, 0.25) is 0 Å². The van der Waals surface area contributed by atoms with Crippen molar-refractivity contribution in [2.24, 2.45) is 5.73 Å². The van der Waals surface area contributed by atoms with Gasteiger partial charge in [-0.25, -0.2) is 0 Å². The molecule has 0 bridgehead atoms. The van der Waals surface area contributed by atoms with Gasteiger partial charge in [-0.1, -0.05) is 11.8 Å². The number of hydrogen-bond acceptors (Lipinski definition) is 5. The summed E-state index contributed by atoms with van der Waals surface area (Å²) in [5, 5.41) is 8.75. The number of thioether (sulfide) groups is 1. The highest BCUT2D eigenvalue weighted by Crippen LogP contribution is 2.42. The number of methoxy groups -OCH3 is 1. The molecule has 0 amide bonds. The summed E-state index contributed by atoms with van der Waals surface area (Å²) in [4.78, 5) is 11.7. The Morgan fingerprint density at radius 2 is 2.47 bits per heavy atom. The molecule has 92 valence electrons. The molecular weight excluding hydrogens is 242 g/mol. The molecule has 1 aliphatic rings. The molecule has 1 aliphatic heterocycles. The third-order valence-electron chi connectivity index (χ3n) is 2.52. The lowest BCUT2D eigenvalue weighted by molar-refractivity contribution is -0.137. The van der Waals surface area contributed by atoms with Crippen molar-refractivity contribution in [3.05, 3.63) is 17.7 Å². The Balaban J connectivity index is 2.35. The average molecular weight is 255 g/mol. The maximum atomic E-state index is 10.7. The molecule has 1 unspecified atom stereocenters. The van der Waals surface area contributed by atoms with E-state index >= 15 is 0 Å². The molecule has 0 aromatic heterocycles. The van der Waals surface area contributed by atoms with Crippen LogP contribution >= 0.6 is 11.8 Å². The van der Waals surface area contributed by atoms with E-state index in [1.807, 2.05) is 6.07 Å². The normalized spacial score (nSPS) is 14.9. The first-order valence-electron chi connectivity index (χ1n) is 5.06. The number of hydrogen-bond donors (Lipinski definition) is 2. The van der Waals surface area contributed by atoms with Crippen LogP contribution in [-0.4, -0.2) is 24.1 Å². The zero-order valence-corrected chi connectivity index (χ0v) is 10.1. The van der Waals surface area contributed by atoms with Crippen LogP contribution in [0.15, 0.2) is 17.0 Å². The van der Waals surface area contributed by atoms with Gasteiger partial charge in [-0.15, -0.1) is 0 Å². The number of carbonyl (C=O) groups is 1. The molecular formula is C11H13NO4S. The molecule has 1 atom stereocenters. The van der Waals surface area contributed by atoms with E-state index in [0.29, 0.717) is 17.3 Å². The number of fused-ring (bicyclic) bond motifs is 1. The van der Waals surface area contributed by atoms with E-state index in [1.165, 1.54) is 0 Å². The lowest BCUT2D eigenvalue weighted by Crippen LogP contribution is -2.16. The predicted molar refractivity (Wildman–Crippen MR) is 63.5 cm³/mol. The first-order valence-corrected chi connectivity index (χ1v) is 6.05. The van der Waals surface area contributed by atoms with Crippen LogP contribution in [0.25, 0.3) is 0 Å². The van der Waals surface area contributed by atoms with Crippen molar-refractivity contribution in [3.63, 3.8) is 0 Å². The first kappa shape index (κ1) is 12.1. The summed E-state index contributed by atoms with van der Waals surface area (Å²) in [6.07, 6.45) is -0.137. The molecule has 1 aromatic carbocycles. The van der Waals surface area contributed by atoms with Crippen molar-refractivity contribution < 1.29 is 19.4 Å². The summed E-state index contributed by atoms with van der Waals surface area (Å²) < 4.78 is 10.6. The number of ether oxygens (including phenoxy) is 2. The van der Waals surface area contributed by atoms with Crippen LogP contribution in [0.5, 0.6) is 11.5 Å². The van der Waals surface area contributed by atoms with Gasteiger partial charge in [0.1, 0.15) is 17.4 Å². The molecule has 2 rings (SSSR count). The monoisotopic (exact) mass is 255 g/mol. The van der Waals surface area contributed by atoms with Crippen LogP contribution in [0.1, 0.15) is 18.0 Å². The summed E-state index contributed by atoms with van der Waals surface area (Å²) in [5.74, 6) is 0.980. The minimum atomic E-state index is -0.935. The van der Waals surface area contributed by atoms with Crippen LogP contribution in [0.4, 0.5) is 0 Å². The number of carboxylic acids is 1. The quantitative estimate of drug-likeness (QED) is 0.850. The summed E-state index contributed by atoms with van der Waals surface area (Å²) in [7, 11) is 1.54. The van der Waals surface area contributed by atoms with E-state index in [2.05, 4.69) is 0 Å². The topological polar surface area (TPSA) is 81.8 Å². The largest absolute Gasteiger partial charge is 0.496 e. The predicted octanol–water partition coefficient (Wildman–Crippen LogP) is 1.61. The minimum Gasteiger partial charge on any atom is -0.496 e. The molecule has 0 radical (unpaired) electrons. The van der Waals surface area contributed by atoms with Crippen LogP contribution < -0.4 is 15.2 Å². The van der Waals surface area contributed by atoms with Gasteiger partial charge in [0.2, 0.25) is 0 Å². The van der Waals surface area contributed by atoms with Gasteiger partial charge in [0.05, 0.1) is 18.4 Å². The molecule has 1 heterocycles. The molecule has 6 heteroatoms. The summed E-state index contributed by atoms with van der Waals surface area (Å²) in [6, 6.07) is 3.01. The summed E-state index contributed by atoms with van der Waals surface area (Å²) in [6.45, 7) is 0. The summed E-state index contributed by atoms with van der Waals surface area (Å²) >= 11 is 1.57. The highest BCUT2D eigenvalue weighted by molar-refractivity contribution is 7.99. The third-order valence-corrected chi connectivity index (χ3v) is 3.38. The first-order chi connectivity index (χ1) is 8.11. The highest BCUT2D eigenvalue weighted by Gasteiger charge is 2.21. The number of aliphatic carboxylic acids is 1. The van der Waals surface area contributed by atoms with Gasteiger partial charge in [-0.2, -0.15) is 0 Å². The molecule has 0 aliphatic carbocycles. The highest BCUT2D eigenvalue weighted by atomic mass is 32.2. The molecule has 0 fully saturated rings. The van der Waals surface area contributed by atoms with E-state index in [0.717, 1.165) is 10.6 Å². The Morgan fingerprint density at radius 3 is 3.12 bits per heavy atom. The van der Waals surface area contributed by atoms with Gasteiger partial charge in [0.25, 0.3) is 0 Å². The molecule has 1 aromatic rings. The van der Waals surface area contributed by atoms with E-state index in [4.69, 9.17) is 20.3 Å². The van der Waals surface area contributed by atoms with Crippen molar-refractivity contribution in [1.29, 1.82) is 0 Å². The molecule has 5 nitrogen and oxygen atoms in total. The van der Waals surface area contributed by atoms with Crippen LogP contribution in [0, 0.1) is 0 Å². The Hall–Kier alpha value is -1.40. The van der Waals surface area contributed by atoms with Crippen LogP contribution in [0.3, 0.4) is 0 Å². The molecule has 0 saturated heterocycles. The van der Waals surface area contributed by atoms with Crippen LogP contribution in [-0.2, 0) is 4.79 Å². The number of benzene rings is 1. The van der Waals surface area contributed by atoms with Crippen molar-refractivity contribution in [2.75, 3.05) is 13.0 Å². The molecule has 3 N–H and O–H groups in total. The number of nitrogens with two attached hydrogens (primary N) is 1. The molecule has 0 saturated carbocycles. The maximum Gasteiger partial charge on any atom is 0.305 e.